The summed E-state index contributed by atoms with van der Waals surface area (Å²) in [7, 11) is 0. The zero-order chi connectivity index (χ0) is 27.8. The average molecular weight is 569 g/mol. The van der Waals surface area contributed by atoms with Gasteiger partial charge in [0, 0.05) is 4.75 Å². The van der Waals surface area contributed by atoms with Gasteiger partial charge < -0.3 is 9.47 Å². The summed E-state index contributed by atoms with van der Waals surface area (Å²) in [4.78, 5) is 55.2. The van der Waals surface area contributed by atoms with E-state index in [-0.39, 0.29) is 17.7 Å². The van der Waals surface area contributed by atoms with Gasteiger partial charge in [0.1, 0.15) is 18.2 Å². The maximum Gasteiger partial charge on any atom is 0.332 e. The highest BCUT2D eigenvalue weighted by Gasteiger charge is 2.58. The number of amides is 2. The first kappa shape index (κ1) is 27.7. The first-order chi connectivity index (χ1) is 18.6. The number of nitrogens with zero attached hydrogens (tertiary/aromatic N) is 1. The summed E-state index contributed by atoms with van der Waals surface area (Å²) in [5, 5.41) is 2.58. The number of imide groups is 1. The van der Waals surface area contributed by atoms with Crippen LogP contribution in [0.25, 0.3) is 0 Å². The second kappa shape index (κ2) is 11.0. The Morgan fingerprint density at radius 2 is 1.59 bits per heavy atom. The van der Waals surface area contributed by atoms with Crippen molar-refractivity contribution in [3.05, 3.63) is 71.3 Å². The normalized spacial score (nSPS) is 23.0. The molecule has 1 N–H and O–H groups in total. The fourth-order valence-corrected chi connectivity index (χ4v) is 8.52. The van der Waals surface area contributed by atoms with E-state index in [1.54, 1.807) is 45.0 Å². The molecular weight excluding hydrogens is 536 g/mol. The molecule has 10 heteroatoms. The molecule has 0 aliphatic carbocycles. The van der Waals surface area contributed by atoms with Gasteiger partial charge in [-0.05, 0) is 62.8 Å². The molecule has 3 atom stereocenters. The van der Waals surface area contributed by atoms with Crippen molar-refractivity contribution in [1.82, 2.24) is 10.2 Å². The molecule has 2 fully saturated rings. The SMILES string of the molecule is CC(C)(C)OC(=O)C(C1NC(C(=O)OCc2ccccc2)C2(CCSCC2)S1)N1C(=O)c2ccccc2C1=O. The van der Waals surface area contributed by atoms with Gasteiger partial charge in [0.25, 0.3) is 11.8 Å². The first-order valence-electron chi connectivity index (χ1n) is 13.0. The molecule has 2 amide bonds. The number of hydrogen-bond donors (Lipinski definition) is 1. The van der Waals surface area contributed by atoms with Crippen LogP contribution in [0.5, 0.6) is 0 Å². The van der Waals surface area contributed by atoms with Crippen LogP contribution < -0.4 is 5.32 Å². The van der Waals surface area contributed by atoms with Gasteiger partial charge in [0.15, 0.2) is 6.04 Å². The Labute approximate surface area is 236 Å². The number of benzene rings is 2. The third kappa shape index (κ3) is 5.60. The smallest absolute Gasteiger partial charge is 0.332 e. The van der Waals surface area contributed by atoms with Crippen molar-refractivity contribution in [2.75, 3.05) is 11.5 Å². The van der Waals surface area contributed by atoms with Gasteiger partial charge in [-0.3, -0.25) is 24.6 Å². The summed E-state index contributed by atoms with van der Waals surface area (Å²) >= 11 is 3.27. The van der Waals surface area contributed by atoms with Crippen LogP contribution in [0.1, 0.15) is 59.9 Å². The second-order valence-electron chi connectivity index (χ2n) is 10.9. The number of nitrogens with one attached hydrogen (secondary N) is 1. The summed E-state index contributed by atoms with van der Waals surface area (Å²) < 4.78 is 10.9. The monoisotopic (exact) mass is 568 g/mol. The molecule has 8 nitrogen and oxygen atoms in total. The van der Waals surface area contributed by atoms with Crippen LogP contribution in [0.3, 0.4) is 0 Å². The topological polar surface area (TPSA) is 102 Å². The van der Waals surface area contributed by atoms with E-state index >= 15 is 0 Å². The minimum atomic E-state index is -1.26. The number of fused-ring (bicyclic) bond motifs is 1. The van der Waals surface area contributed by atoms with Gasteiger partial charge >= 0.3 is 11.9 Å². The van der Waals surface area contributed by atoms with Crippen LogP contribution in [-0.2, 0) is 25.7 Å². The van der Waals surface area contributed by atoms with Gasteiger partial charge in [0.2, 0.25) is 0 Å². The largest absolute Gasteiger partial charge is 0.460 e. The molecule has 39 heavy (non-hydrogen) atoms. The van der Waals surface area contributed by atoms with Crippen molar-refractivity contribution in [1.29, 1.82) is 0 Å². The second-order valence-corrected chi connectivity index (χ2v) is 13.7. The first-order valence-corrected chi connectivity index (χ1v) is 15.0. The van der Waals surface area contributed by atoms with Crippen molar-refractivity contribution in [2.45, 2.75) is 68.0 Å². The minimum Gasteiger partial charge on any atom is -0.460 e. The number of carbonyl (C=O) groups is 4. The van der Waals surface area contributed by atoms with Gasteiger partial charge in [-0.15, -0.1) is 11.8 Å². The van der Waals surface area contributed by atoms with Crippen molar-refractivity contribution in [2.24, 2.45) is 0 Å². The minimum absolute atomic E-state index is 0.131. The highest BCUT2D eigenvalue weighted by Crippen LogP contribution is 2.50. The van der Waals surface area contributed by atoms with Crippen molar-refractivity contribution in [3.63, 3.8) is 0 Å². The molecule has 2 aromatic carbocycles. The van der Waals surface area contributed by atoms with E-state index < -0.39 is 51.6 Å². The maximum atomic E-state index is 13.7. The van der Waals surface area contributed by atoms with E-state index in [2.05, 4.69) is 5.32 Å². The molecule has 2 aromatic rings. The Morgan fingerprint density at radius 3 is 2.18 bits per heavy atom. The summed E-state index contributed by atoms with van der Waals surface area (Å²) in [6.07, 6.45) is 1.44. The van der Waals surface area contributed by atoms with Gasteiger partial charge in [-0.25, -0.2) is 4.79 Å². The van der Waals surface area contributed by atoms with Crippen LogP contribution in [0.15, 0.2) is 54.6 Å². The Kier molecular flexibility index (Phi) is 7.81. The van der Waals surface area contributed by atoms with Crippen LogP contribution in [0, 0.1) is 0 Å². The molecule has 0 radical (unpaired) electrons. The van der Waals surface area contributed by atoms with Crippen LogP contribution in [-0.4, -0.2) is 68.0 Å². The van der Waals surface area contributed by atoms with Crippen molar-refractivity contribution in [3.8, 4) is 0 Å². The molecule has 1 spiro atoms. The Morgan fingerprint density at radius 1 is 1.00 bits per heavy atom. The number of esters is 2. The maximum absolute atomic E-state index is 13.7. The quantitative estimate of drug-likeness (QED) is 0.409. The number of rotatable bonds is 6. The summed E-state index contributed by atoms with van der Waals surface area (Å²) in [6.45, 7) is 5.35. The molecule has 3 aliphatic heterocycles. The van der Waals surface area contributed by atoms with E-state index in [1.165, 1.54) is 11.8 Å². The molecular formula is C29H32N2O6S2. The van der Waals surface area contributed by atoms with E-state index in [0.717, 1.165) is 34.8 Å². The fraction of sp³-hybridized carbons (Fsp3) is 0.448. The van der Waals surface area contributed by atoms with Gasteiger partial charge in [-0.2, -0.15) is 11.8 Å². The van der Waals surface area contributed by atoms with Crippen LogP contribution >= 0.6 is 23.5 Å². The van der Waals surface area contributed by atoms with Gasteiger partial charge in [-0.1, -0.05) is 42.5 Å². The van der Waals surface area contributed by atoms with Crippen molar-refractivity contribution >= 4 is 47.3 Å². The highest BCUT2D eigenvalue weighted by molar-refractivity contribution is 8.02. The lowest BCUT2D eigenvalue weighted by molar-refractivity contribution is -0.160. The summed E-state index contributed by atoms with van der Waals surface area (Å²) in [5.74, 6) is -0.483. The Bertz CT molecular complexity index is 1240. The summed E-state index contributed by atoms with van der Waals surface area (Å²) in [6, 6.07) is 14.0. The molecule has 2 saturated heterocycles. The lowest BCUT2D eigenvalue weighted by Crippen LogP contribution is -2.57. The Hall–Kier alpha value is -2.82. The molecule has 0 aromatic heterocycles. The van der Waals surface area contributed by atoms with E-state index in [4.69, 9.17) is 9.47 Å². The molecule has 5 rings (SSSR count). The molecule has 3 unspecified atom stereocenters. The fourth-order valence-electron chi connectivity index (χ4n) is 5.23. The zero-order valence-corrected chi connectivity index (χ0v) is 23.8. The average Bonchev–Trinajstić information content (AvgIpc) is 3.38. The third-order valence-electron chi connectivity index (χ3n) is 7.06. The lowest BCUT2D eigenvalue weighted by Gasteiger charge is -2.36. The summed E-state index contributed by atoms with van der Waals surface area (Å²) in [5.41, 5.74) is 0.534. The third-order valence-corrected chi connectivity index (χ3v) is 9.80. The van der Waals surface area contributed by atoms with Crippen molar-refractivity contribution < 1.29 is 28.7 Å². The standard InChI is InChI=1S/C29H32N2O6S2/c1-28(2,3)37-26(34)21(31-24(32)19-11-7-8-12-20(19)25(31)33)23-30-22(29(39-23)13-15-38-16-14-29)27(35)36-17-18-9-5-4-6-10-18/h4-12,21-23,30H,13-17H2,1-3H3. The molecule has 0 bridgehead atoms. The predicted octanol–water partition coefficient (Wildman–Crippen LogP) is 4.03. The molecule has 0 saturated carbocycles. The lowest BCUT2D eigenvalue weighted by atomic mass is 9.92. The molecule has 3 aliphatic rings. The zero-order valence-electron chi connectivity index (χ0n) is 22.2. The number of thioether (sulfide) groups is 2. The number of hydrogen-bond acceptors (Lipinski definition) is 9. The molecule has 3 heterocycles. The predicted molar refractivity (Wildman–Crippen MR) is 150 cm³/mol. The van der Waals surface area contributed by atoms with Crippen LogP contribution in [0.2, 0.25) is 0 Å². The molecule has 206 valence electrons. The number of carbonyl (C=O) groups excluding carboxylic acids is 4. The van der Waals surface area contributed by atoms with E-state index in [1.807, 2.05) is 42.1 Å². The van der Waals surface area contributed by atoms with Crippen LogP contribution in [0.4, 0.5) is 0 Å². The van der Waals surface area contributed by atoms with Gasteiger partial charge in [0.05, 0.1) is 16.5 Å². The Balaban J connectivity index is 1.46. The van der Waals surface area contributed by atoms with E-state index in [9.17, 15) is 19.2 Å². The van der Waals surface area contributed by atoms with E-state index in [0.29, 0.717) is 0 Å². The highest BCUT2D eigenvalue weighted by atomic mass is 32.2. The number of ether oxygens (including phenoxy) is 2.